The highest BCUT2D eigenvalue weighted by molar-refractivity contribution is 8.02. The van der Waals surface area contributed by atoms with Crippen LogP contribution in [0.4, 0.5) is 25.8 Å². The summed E-state index contributed by atoms with van der Waals surface area (Å²) >= 11 is 1.39. The molecule has 1 saturated heterocycles. The van der Waals surface area contributed by atoms with Crippen LogP contribution in [0.3, 0.4) is 0 Å². The summed E-state index contributed by atoms with van der Waals surface area (Å²) in [4.78, 5) is 0. The molecule has 2 heterocycles. The first-order valence-corrected chi connectivity index (χ1v) is 9.07. The highest BCUT2D eigenvalue weighted by Gasteiger charge is 2.31. The van der Waals surface area contributed by atoms with E-state index in [4.69, 9.17) is 4.74 Å². The highest BCUT2D eigenvalue weighted by atomic mass is 32.2. The number of anilines is 3. The molecule has 2 aromatic carbocycles. The molecular formula is C18H19F2N3OS. The van der Waals surface area contributed by atoms with Crippen molar-refractivity contribution < 1.29 is 13.5 Å². The molecule has 7 heteroatoms. The Morgan fingerprint density at radius 1 is 1.12 bits per heavy atom. The molecule has 0 saturated carbocycles. The zero-order valence-electron chi connectivity index (χ0n) is 13.6. The summed E-state index contributed by atoms with van der Waals surface area (Å²) in [6.07, 6.45) is 1.02. The normalized spacial score (nSPS) is 20.0. The second-order valence-corrected chi connectivity index (χ2v) is 7.02. The van der Waals surface area contributed by atoms with Gasteiger partial charge in [0.05, 0.1) is 41.9 Å². The third-order valence-corrected chi connectivity index (χ3v) is 5.47. The van der Waals surface area contributed by atoms with E-state index in [2.05, 4.69) is 9.62 Å². The average Bonchev–Trinajstić information content (AvgIpc) is 2.99. The lowest BCUT2D eigenvalue weighted by molar-refractivity contribution is 0.0254. The quantitative estimate of drug-likeness (QED) is 0.833. The lowest BCUT2D eigenvalue weighted by atomic mass is 10.2. The molecule has 4 rings (SSSR count). The molecule has 132 valence electrons. The molecule has 0 aliphatic carbocycles. The number of nitrogens with one attached hydrogen (secondary N) is 1. The van der Waals surface area contributed by atoms with Gasteiger partial charge in [0.2, 0.25) is 0 Å². The van der Waals surface area contributed by atoms with Gasteiger partial charge >= 0.3 is 0 Å². The van der Waals surface area contributed by atoms with Crippen LogP contribution >= 0.6 is 12.1 Å². The maximum absolute atomic E-state index is 14.2. The van der Waals surface area contributed by atoms with Crippen LogP contribution in [0.25, 0.3) is 0 Å². The molecule has 1 atom stereocenters. The number of ether oxygens (including phenoxy) is 1. The highest BCUT2D eigenvalue weighted by Crippen LogP contribution is 2.49. The Kier molecular flexibility index (Phi) is 4.78. The van der Waals surface area contributed by atoms with E-state index < -0.39 is 0 Å². The van der Waals surface area contributed by atoms with Gasteiger partial charge in [-0.1, -0.05) is 12.1 Å². The lowest BCUT2D eigenvalue weighted by Crippen LogP contribution is -2.39. The zero-order chi connectivity index (χ0) is 17.2. The summed E-state index contributed by atoms with van der Waals surface area (Å²) in [5, 5.41) is 3.32. The Labute approximate surface area is 150 Å². The number of nitrogens with zero attached hydrogens (tertiary/aromatic N) is 2. The van der Waals surface area contributed by atoms with E-state index in [1.165, 1.54) is 30.3 Å². The molecule has 0 radical (unpaired) electrons. The number of benzene rings is 2. The van der Waals surface area contributed by atoms with Gasteiger partial charge in [-0.15, -0.1) is 0 Å². The molecule has 1 unspecified atom stereocenters. The van der Waals surface area contributed by atoms with Crippen LogP contribution < -0.4 is 13.9 Å². The van der Waals surface area contributed by atoms with Crippen molar-refractivity contribution in [3.05, 3.63) is 54.1 Å². The van der Waals surface area contributed by atoms with Gasteiger partial charge in [0, 0.05) is 25.7 Å². The predicted molar refractivity (Wildman–Crippen MR) is 97.1 cm³/mol. The Balaban J connectivity index is 1.57. The largest absolute Gasteiger partial charge is 0.376 e. The topological polar surface area (TPSA) is 27.7 Å². The Morgan fingerprint density at radius 2 is 2.00 bits per heavy atom. The molecule has 4 nitrogen and oxygen atoms in total. The van der Waals surface area contributed by atoms with Crippen LogP contribution in [-0.2, 0) is 4.74 Å². The molecule has 1 N–H and O–H groups in total. The Morgan fingerprint density at radius 3 is 2.80 bits per heavy atom. The van der Waals surface area contributed by atoms with Gasteiger partial charge in [0.15, 0.2) is 0 Å². The van der Waals surface area contributed by atoms with Crippen molar-refractivity contribution in [3.63, 3.8) is 0 Å². The third kappa shape index (κ3) is 3.44. The summed E-state index contributed by atoms with van der Waals surface area (Å²) < 4.78 is 37.6. The van der Waals surface area contributed by atoms with Crippen molar-refractivity contribution in [3.8, 4) is 0 Å². The van der Waals surface area contributed by atoms with E-state index in [1.807, 2.05) is 0 Å². The third-order valence-electron chi connectivity index (χ3n) is 4.33. The van der Waals surface area contributed by atoms with E-state index in [1.54, 1.807) is 28.6 Å². The SMILES string of the molecule is Fc1ccc2c(c1)N(c1ccccc1F)SN2CCC1CNCCO1. The van der Waals surface area contributed by atoms with Crippen LogP contribution in [0.2, 0.25) is 0 Å². The van der Waals surface area contributed by atoms with Crippen LogP contribution in [-0.4, -0.2) is 32.3 Å². The number of morpholine rings is 1. The lowest BCUT2D eigenvalue weighted by Gasteiger charge is -2.26. The van der Waals surface area contributed by atoms with E-state index in [0.717, 1.165) is 38.3 Å². The second kappa shape index (κ2) is 7.19. The minimum absolute atomic E-state index is 0.167. The minimum Gasteiger partial charge on any atom is -0.376 e. The van der Waals surface area contributed by atoms with E-state index in [0.29, 0.717) is 11.4 Å². The average molecular weight is 363 g/mol. The van der Waals surface area contributed by atoms with E-state index in [-0.39, 0.29) is 17.7 Å². The van der Waals surface area contributed by atoms with Gasteiger partial charge < -0.3 is 10.1 Å². The molecule has 0 aromatic heterocycles. The smallest absolute Gasteiger partial charge is 0.147 e. The minimum atomic E-state index is -0.331. The monoisotopic (exact) mass is 363 g/mol. The summed E-state index contributed by atoms with van der Waals surface area (Å²) in [6.45, 7) is 3.19. The van der Waals surface area contributed by atoms with Gasteiger partial charge in [0.1, 0.15) is 11.6 Å². The molecule has 2 aliphatic heterocycles. The molecule has 0 spiro atoms. The van der Waals surface area contributed by atoms with Crippen molar-refractivity contribution in [1.29, 1.82) is 0 Å². The van der Waals surface area contributed by atoms with Crippen molar-refractivity contribution in [1.82, 2.24) is 5.32 Å². The fourth-order valence-electron chi connectivity index (χ4n) is 3.07. The molecule has 1 fully saturated rings. The number of rotatable bonds is 4. The van der Waals surface area contributed by atoms with Crippen LogP contribution in [0, 0.1) is 11.6 Å². The molecule has 2 aromatic rings. The van der Waals surface area contributed by atoms with Gasteiger partial charge in [-0.05, 0) is 30.7 Å². The summed E-state index contributed by atoms with van der Waals surface area (Å²) in [5.41, 5.74) is 1.98. The molecule has 2 aliphatic rings. The summed E-state index contributed by atoms with van der Waals surface area (Å²) in [5.74, 6) is -0.658. The summed E-state index contributed by atoms with van der Waals surface area (Å²) in [6, 6.07) is 11.2. The number of halogens is 2. The first-order valence-electron chi connectivity index (χ1n) is 8.34. The fraction of sp³-hybridized carbons (Fsp3) is 0.333. The van der Waals surface area contributed by atoms with Crippen LogP contribution in [0.5, 0.6) is 0 Å². The maximum Gasteiger partial charge on any atom is 0.147 e. The van der Waals surface area contributed by atoms with Gasteiger partial charge in [-0.3, -0.25) is 8.61 Å². The van der Waals surface area contributed by atoms with E-state index >= 15 is 0 Å². The van der Waals surface area contributed by atoms with Crippen LogP contribution in [0.15, 0.2) is 42.5 Å². The Bertz CT molecular complexity index is 755. The molecule has 0 bridgehead atoms. The predicted octanol–water partition coefficient (Wildman–Crippen LogP) is 3.86. The number of para-hydroxylation sites is 1. The van der Waals surface area contributed by atoms with Crippen molar-refractivity contribution in [2.45, 2.75) is 12.5 Å². The van der Waals surface area contributed by atoms with Gasteiger partial charge in [0.25, 0.3) is 0 Å². The van der Waals surface area contributed by atoms with Gasteiger partial charge in [-0.25, -0.2) is 8.78 Å². The number of fused-ring (bicyclic) bond motifs is 1. The van der Waals surface area contributed by atoms with Crippen molar-refractivity contribution in [2.75, 3.05) is 34.9 Å². The number of hydrogen-bond donors (Lipinski definition) is 1. The summed E-state index contributed by atoms with van der Waals surface area (Å²) in [7, 11) is 0. The van der Waals surface area contributed by atoms with Gasteiger partial charge in [-0.2, -0.15) is 0 Å². The number of hydrogen-bond acceptors (Lipinski definition) is 5. The molecule has 25 heavy (non-hydrogen) atoms. The van der Waals surface area contributed by atoms with E-state index in [9.17, 15) is 8.78 Å². The van der Waals surface area contributed by atoms with Crippen molar-refractivity contribution >= 4 is 29.2 Å². The standard InChI is InChI=1S/C18H19F2N3OS/c19-13-5-6-17-18(11-13)23(16-4-2-1-3-15(16)20)25-22(17)9-7-14-12-21-8-10-24-14/h1-6,11,14,21H,7-10,12H2. The molecular weight excluding hydrogens is 344 g/mol. The van der Waals surface area contributed by atoms with Crippen LogP contribution in [0.1, 0.15) is 6.42 Å². The Hall–Kier alpha value is -1.83. The zero-order valence-corrected chi connectivity index (χ0v) is 14.4. The first kappa shape index (κ1) is 16.6. The maximum atomic E-state index is 14.2. The fourth-order valence-corrected chi connectivity index (χ4v) is 4.17. The van der Waals surface area contributed by atoms with Crippen molar-refractivity contribution in [2.24, 2.45) is 0 Å². The second-order valence-electron chi connectivity index (χ2n) is 6.05. The first-order chi connectivity index (χ1) is 12.2. The molecule has 0 amide bonds.